The van der Waals surface area contributed by atoms with Gasteiger partial charge >= 0.3 is 0 Å². The molecule has 0 aliphatic carbocycles. The maximum atomic E-state index is 12.9. The number of nitrogens with zero attached hydrogens (tertiary/aromatic N) is 1. The van der Waals surface area contributed by atoms with Gasteiger partial charge in [0.1, 0.15) is 5.75 Å². The highest BCUT2D eigenvalue weighted by Crippen LogP contribution is 2.29. The van der Waals surface area contributed by atoms with Gasteiger partial charge in [0.25, 0.3) is 0 Å². The highest BCUT2D eigenvalue weighted by Gasteiger charge is 2.27. The number of carbonyl (C=O) groups is 1. The number of aliphatic imine (C=N–C) groups is 1. The summed E-state index contributed by atoms with van der Waals surface area (Å²) in [7, 11) is -0.759. The number of benzene rings is 3. The molecule has 4 rings (SSSR count). The first-order valence-corrected chi connectivity index (χ1v) is 15.6. The zero-order valence-electron chi connectivity index (χ0n) is 21.3. The van der Waals surface area contributed by atoms with Crippen molar-refractivity contribution in [3.05, 3.63) is 88.4 Å². The normalized spacial score (nSPS) is 17.2. The molecule has 0 fully saturated rings. The highest BCUT2D eigenvalue weighted by molar-refractivity contribution is 6.83. The summed E-state index contributed by atoms with van der Waals surface area (Å²) in [5, 5.41) is 7.93. The van der Waals surface area contributed by atoms with E-state index in [9.17, 15) is 9.59 Å². The number of anilines is 1. The molecule has 0 saturated heterocycles. The van der Waals surface area contributed by atoms with E-state index in [0.717, 1.165) is 33.3 Å². The number of hydrogen-bond acceptors (Lipinski definition) is 6. The van der Waals surface area contributed by atoms with Crippen LogP contribution in [0, 0.1) is 0 Å². The Morgan fingerprint density at radius 3 is 2.62 bits per heavy atom. The maximum absolute atomic E-state index is 12.9. The molecular weight excluding hydrogens is 504 g/mol. The molecule has 37 heavy (non-hydrogen) atoms. The lowest BCUT2D eigenvalue weighted by Gasteiger charge is -2.20. The van der Waals surface area contributed by atoms with Crippen molar-refractivity contribution in [2.75, 3.05) is 19.0 Å². The lowest BCUT2D eigenvalue weighted by molar-refractivity contribution is -0.121. The molecule has 9 heteroatoms. The van der Waals surface area contributed by atoms with Crippen LogP contribution in [0.25, 0.3) is 0 Å². The van der Waals surface area contributed by atoms with E-state index in [2.05, 4.69) is 10.6 Å². The Bertz CT molecular complexity index is 1290. The zero-order chi connectivity index (χ0) is 26.6. The second-order valence-electron chi connectivity index (χ2n) is 9.70. The molecule has 1 aliphatic heterocycles. The van der Waals surface area contributed by atoms with Crippen molar-refractivity contribution in [1.29, 1.82) is 0 Å². The third-order valence-electron chi connectivity index (χ3n) is 6.39. The molecule has 0 radical (unpaired) electrons. The quantitative estimate of drug-likeness (QED) is 0.330. The summed E-state index contributed by atoms with van der Waals surface area (Å²) in [6.07, 6.45) is 0.243. The number of carbonyl (C=O) groups excluding carboxylic acids is 1. The Labute approximate surface area is 223 Å². The summed E-state index contributed by atoms with van der Waals surface area (Å²) in [5.74, 6) is 0.571. The van der Waals surface area contributed by atoms with Gasteiger partial charge in [-0.1, -0.05) is 48.0 Å². The number of rotatable bonds is 8. The molecule has 194 valence electrons. The second-order valence-corrected chi connectivity index (χ2v) is 13.8. The van der Waals surface area contributed by atoms with E-state index in [0.29, 0.717) is 23.7 Å². The van der Waals surface area contributed by atoms with Crippen molar-refractivity contribution in [2.24, 2.45) is 10.7 Å². The van der Waals surface area contributed by atoms with Crippen LogP contribution >= 0.6 is 11.6 Å². The molecule has 0 spiro atoms. The van der Waals surface area contributed by atoms with Gasteiger partial charge in [-0.2, -0.15) is 0 Å². The number of benzodiazepines with no additional fused rings is 1. The Morgan fingerprint density at radius 1 is 1.16 bits per heavy atom. The van der Waals surface area contributed by atoms with E-state index in [1.807, 2.05) is 79.8 Å². The Kier molecular flexibility index (Phi) is 8.34. The fourth-order valence-corrected chi connectivity index (χ4v) is 5.46. The molecule has 1 aliphatic rings. The average molecular weight is 537 g/mol. The molecule has 0 saturated carbocycles. The summed E-state index contributed by atoms with van der Waals surface area (Å²) in [4.78, 5) is 28.3. The summed E-state index contributed by atoms with van der Waals surface area (Å²) in [6, 6.07) is 20.6. The topological polar surface area (TPSA) is 109 Å². The van der Waals surface area contributed by atoms with E-state index < -0.39 is 20.5 Å². The first kappa shape index (κ1) is 26.9. The van der Waals surface area contributed by atoms with Crippen molar-refractivity contribution in [2.45, 2.75) is 38.1 Å². The van der Waals surface area contributed by atoms with Gasteiger partial charge in [-0.05, 0) is 60.6 Å². The first-order valence-electron chi connectivity index (χ1n) is 12.3. The number of methoxy groups -OCH3 is 1. The molecule has 1 heterocycles. The lowest BCUT2D eigenvalue weighted by Crippen LogP contribution is -2.43. The SMILES string of the molecule is COc1ccc2c(c1)C(c1ccc(Cl)cc1)=N[C@@H](CC(=O)NCCc1cccc([Si](C)(C)O)c1)C(N)N2. The second kappa shape index (κ2) is 11.5. The van der Waals surface area contributed by atoms with E-state index in [1.165, 1.54) is 0 Å². The molecule has 7 nitrogen and oxygen atoms in total. The summed E-state index contributed by atoms with van der Waals surface area (Å²) < 4.78 is 5.44. The first-order chi connectivity index (χ1) is 17.6. The minimum absolute atomic E-state index is 0.127. The van der Waals surface area contributed by atoms with Crippen LogP contribution in [-0.4, -0.2) is 50.6 Å². The Balaban J connectivity index is 1.51. The number of ether oxygens (including phenoxy) is 1. The molecule has 2 atom stereocenters. The molecule has 5 N–H and O–H groups in total. The fraction of sp³-hybridized carbons (Fsp3) is 0.286. The molecule has 3 aromatic carbocycles. The van der Waals surface area contributed by atoms with Gasteiger partial charge in [-0.15, -0.1) is 0 Å². The van der Waals surface area contributed by atoms with Gasteiger partial charge in [0, 0.05) is 28.4 Å². The van der Waals surface area contributed by atoms with Crippen LogP contribution in [0.3, 0.4) is 0 Å². The van der Waals surface area contributed by atoms with Crippen molar-refractivity contribution in [3.8, 4) is 5.75 Å². The van der Waals surface area contributed by atoms with Crippen molar-refractivity contribution in [1.82, 2.24) is 5.32 Å². The summed E-state index contributed by atoms with van der Waals surface area (Å²) >= 11 is 6.12. The third kappa shape index (κ3) is 6.78. The predicted molar refractivity (Wildman–Crippen MR) is 153 cm³/mol. The Morgan fingerprint density at radius 2 is 1.92 bits per heavy atom. The maximum Gasteiger partial charge on any atom is 0.222 e. The van der Waals surface area contributed by atoms with Crippen LogP contribution in [0.2, 0.25) is 18.1 Å². The fourth-order valence-electron chi connectivity index (χ4n) is 4.29. The van der Waals surface area contributed by atoms with Crippen LogP contribution in [0.1, 0.15) is 23.1 Å². The van der Waals surface area contributed by atoms with Crippen LogP contribution in [0.4, 0.5) is 5.69 Å². The van der Waals surface area contributed by atoms with Gasteiger partial charge in [0.2, 0.25) is 14.2 Å². The number of hydrogen-bond donors (Lipinski definition) is 4. The molecule has 1 amide bonds. The van der Waals surface area contributed by atoms with Crippen LogP contribution in [-0.2, 0) is 11.2 Å². The van der Waals surface area contributed by atoms with Crippen LogP contribution in [0.15, 0.2) is 71.7 Å². The average Bonchev–Trinajstić information content (AvgIpc) is 3.00. The smallest absolute Gasteiger partial charge is 0.222 e. The Hall–Kier alpha value is -3.17. The van der Waals surface area contributed by atoms with Gasteiger partial charge in [0.15, 0.2) is 0 Å². The van der Waals surface area contributed by atoms with E-state index in [1.54, 1.807) is 7.11 Å². The van der Waals surface area contributed by atoms with Crippen LogP contribution in [0.5, 0.6) is 5.75 Å². The summed E-state index contributed by atoms with van der Waals surface area (Å²) in [5.41, 5.74) is 10.8. The van der Waals surface area contributed by atoms with E-state index in [4.69, 9.17) is 27.1 Å². The molecule has 0 bridgehead atoms. The molecule has 0 aromatic heterocycles. The van der Waals surface area contributed by atoms with E-state index in [-0.39, 0.29) is 12.3 Å². The monoisotopic (exact) mass is 536 g/mol. The highest BCUT2D eigenvalue weighted by atomic mass is 35.5. The lowest BCUT2D eigenvalue weighted by atomic mass is 10.00. The molecule has 1 unspecified atom stereocenters. The van der Waals surface area contributed by atoms with Gasteiger partial charge < -0.3 is 25.9 Å². The number of amides is 1. The van der Waals surface area contributed by atoms with Crippen molar-refractivity contribution >= 4 is 42.4 Å². The van der Waals surface area contributed by atoms with Crippen molar-refractivity contribution in [3.63, 3.8) is 0 Å². The minimum Gasteiger partial charge on any atom is -0.497 e. The summed E-state index contributed by atoms with van der Waals surface area (Å²) in [6.45, 7) is 4.27. The zero-order valence-corrected chi connectivity index (χ0v) is 23.0. The molecular formula is C28H33ClN4O3Si. The number of nitrogens with one attached hydrogen (secondary N) is 2. The van der Waals surface area contributed by atoms with Crippen LogP contribution < -0.4 is 26.3 Å². The number of fused-ring (bicyclic) bond motifs is 1. The van der Waals surface area contributed by atoms with Gasteiger partial charge in [-0.25, -0.2) is 0 Å². The predicted octanol–water partition coefficient (Wildman–Crippen LogP) is 3.42. The van der Waals surface area contributed by atoms with Gasteiger partial charge in [-0.3, -0.25) is 9.79 Å². The largest absolute Gasteiger partial charge is 0.497 e. The standard InChI is InChI=1S/C28H33ClN4O3Si/c1-36-21-11-12-24-23(16-21)27(19-7-9-20(29)10-8-19)32-25(28(30)33-24)17-26(34)31-14-13-18-5-4-6-22(15-18)37(2,3)35/h4-12,15-16,25,28,33,35H,13-14,17,30H2,1-3H3,(H,31,34)/t25-,28?/m0/s1. The third-order valence-corrected chi connectivity index (χ3v) is 8.37. The number of halogens is 1. The van der Waals surface area contributed by atoms with Gasteiger partial charge in [0.05, 0.1) is 31.4 Å². The van der Waals surface area contributed by atoms with Crippen molar-refractivity contribution < 1.29 is 14.3 Å². The van der Waals surface area contributed by atoms with E-state index >= 15 is 0 Å². The number of nitrogens with two attached hydrogens (primary N) is 1. The molecule has 3 aromatic rings. The minimum atomic E-state index is -2.38.